The van der Waals surface area contributed by atoms with Crippen LogP contribution >= 0.6 is 11.6 Å². The minimum Gasteiger partial charge on any atom is -0.444 e. The Morgan fingerprint density at radius 3 is 2.67 bits per heavy atom. The fraction of sp³-hybridized carbons (Fsp3) is 0.300. The van der Waals surface area contributed by atoms with E-state index in [1.807, 2.05) is 42.5 Å². The van der Waals surface area contributed by atoms with E-state index >= 15 is 0 Å². The third-order valence-electron chi connectivity index (χ3n) is 3.96. The summed E-state index contributed by atoms with van der Waals surface area (Å²) in [6, 6.07) is 13.1. The largest absolute Gasteiger partial charge is 0.444 e. The molecule has 0 atom stereocenters. The van der Waals surface area contributed by atoms with E-state index in [1.165, 1.54) is 0 Å². The molecule has 7 heteroatoms. The first-order chi connectivity index (χ1) is 12.7. The number of rotatable bonds is 4. The SMILES string of the molecule is CC(C)(C)OC(=O)NCc1ccc(Cn2c(=O)[nH]c3ccccc32)cc1Cl. The summed E-state index contributed by atoms with van der Waals surface area (Å²) in [6.07, 6.45) is -0.493. The third kappa shape index (κ3) is 4.71. The van der Waals surface area contributed by atoms with Gasteiger partial charge in [-0.1, -0.05) is 35.9 Å². The number of H-pyrrole nitrogens is 1. The molecule has 0 unspecified atom stereocenters. The Bertz CT molecular complexity index is 1030. The van der Waals surface area contributed by atoms with E-state index in [9.17, 15) is 9.59 Å². The lowest BCUT2D eigenvalue weighted by atomic mass is 10.1. The highest BCUT2D eigenvalue weighted by Crippen LogP contribution is 2.20. The van der Waals surface area contributed by atoms with Crippen LogP contribution in [-0.4, -0.2) is 21.2 Å². The zero-order valence-electron chi connectivity index (χ0n) is 15.5. The molecule has 1 amide bonds. The topological polar surface area (TPSA) is 76.1 Å². The van der Waals surface area contributed by atoms with Crippen molar-refractivity contribution < 1.29 is 9.53 Å². The van der Waals surface area contributed by atoms with Gasteiger partial charge in [0.25, 0.3) is 0 Å². The Kier molecular flexibility index (Phi) is 5.28. The summed E-state index contributed by atoms with van der Waals surface area (Å²) in [5.74, 6) is 0. The highest BCUT2D eigenvalue weighted by atomic mass is 35.5. The van der Waals surface area contributed by atoms with E-state index in [4.69, 9.17) is 16.3 Å². The Morgan fingerprint density at radius 1 is 1.22 bits per heavy atom. The number of amides is 1. The van der Waals surface area contributed by atoms with Gasteiger partial charge in [0, 0.05) is 11.6 Å². The highest BCUT2D eigenvalue weighted by molar-refractivity contribution is 6.31. The summed E-state index contributed by atoms with van der Waals surface area (Å²) in [6.45, 7) is 6.09. The number of imidazole rings is 1. The predicted molar refractivity (Wildman–Crippen MR) is 106 cm³/mol. The van der Waals surface area contributed by atoms with Crippen molar-refractivity contribution in [2.45, 2.75) is 39.5 Å². The number of ether oxygens (including phenoxy) is 1. The molecule has 0 fully saturated rings. The smallest absolute Gasteiger partial charge is 0.407 e. The van der Waals surface area contributed by atoms with Crippen molar-refractivity contribution in [3.63, 3.8) is 0 Å². The average Bonchev–Trinajstić information content (AvgIpc) is 2.88. The number of hydrogen-bond donors (Lipinski definition) is 2. The maximum atomic E-state index is 12.2. The molecule has 0 aliphatic heterocycles. The fourth-order valence-electron chi connectivity index (χ4n) is 2.76. The zero-order chi connectivity index (χ0) is 19.6. The van der Waals surface area contributed by atoms with Gasteiger partial charge in [-0.05, 0) is 50.1 Å². The van der Waals surface area contributed by atoms with Crippen molar-refractivity contribution in [1.82, 2.24) is 14.9 Å². The molecule has 142 valence electrons. The molecule has 3 rings (SSSR count). The van der Waals surface area contributed by atoms with Gasteiger partial charge >= 0.3 is 11.8 Å². The van der Waals surface area contributed by atoms with E-state index < -0.39 is 11.7 Å². The van der Waals surface area contributed by atoms with Crippen LogP contribution in [0.4, 0.5) is 4.79 Å². The van der Waals surface area contributed by atoms with Gasteiger partial charge < -0.3 is 15.0 Å². The van der Waals surface area contributed by atoms with Gasteiger partial charge in [0.15, 0.2) is 0 Å². The lowest BCUT2D eigenvalue weighted by Crippen LogP contribution is -2.32. The van der Waals surface area contributed by atoms with E-state index in [-0.39, 0.29) is 12.2 Å². The molecule has 0 radical (unpaired) electrons. The number of hydrogen-bond acceptors (Lipinski definition) is 3. The summed E-state index contributed by atoms with van der Waals surface area (Å²) < 4.78 is 6.88. The molecule has 0 aliphatic rings. The van der Waals surface area contributed by atoms with Gasteiger partial charge in [-0.3, -0.25) is 4.57 Å². The van der Waals surface area contributed by atoms with E-state index in [2.05, 4.69) is 10.3 Å². The highest BCUT2D eigenvalue weighted by Gasteiger charge is 2.16. The van der Waals surface area contributed by atoms with Crippen molar-refractivity contribution in [2.24, 2.45) is 0 Å². The van der Waals surface area contributed by atoms with Gasteiger partial charge in [0.2, 0.25) is 0 Å². The van der Waals surface area contributed by atoms with Crippen molar-refractivity contribution in [1.29, 1.82) is 0 Å². The predicted octanol–water partition coefficient (Wildman–Crippen LogP) is 4.06. The van der Waals surface area contributed by atoms with Gasteiger partial charge in [-0.2, -0.15) is 0 Å². The molecule has 0 saturated carbocycles. The van der Waals surface area contributed by atoms with Crippen LogP contribution in [0, 0.1) is 0 Å². The first kappa shape index (κ1) is 19.0. The van der Waals surface area contributed by atoms with Gasteiger partial charge in [0.05, 0.1) is 17.6 Å². The molecule has 0 spiro atoms. The maximum Gasteiger partial charge on any atom is 0.407 e. The molecule has 27 heavy (non-hydrogen) atoms. The minimum absolute atomic E-state index is 0.164. The monoisotopic (exact) mass is 387 g/mol. The molecule has 0 saturated heterocycles. The van der Waals surface area contributed by atoms with Gasteiger partial charge in [-0.15, -0.1) is 0 Å². The van der Waals surface area contributed by atoms with Gasteiger partial charge in [0.1, 0.15) is 5.60 Å². The Labute approximate surface area is 162 Å². The summed E-state index contributed by atoms with van der Waals surface area (Å²) in [7, 11) is 0. The number of aromatic amines is 1. The van der Waals surface area contributed by atoms with Crippen LogP contribution in [0.2, 0.25) is 5.02 Å². The molecule has 3 aromatic rings. The molecular formula is C20H22ClN3O3. The number of nitrogens with zero attached hydrogens (tertiary/aromatic N) is 1. The number of benzene rings is 2. The van der Waals surface area contributed by atoms with Crippen molar-refractivity contribution in [3.05, 3.63) is 69.1 Å². The number of para-hydroxylation sites is 2. The standard InChI is InChI=1S/C20H22ClN3O3/c1-20(2,3)27-19(26)22-11-14-9-8-13(10-15(14)21)12-24-17-7-5-4-6-16(17)23-18(24)25/h4-10H,11-12H2,1-3H3,(H,22,26)(H,23,25). The summed E-state index contributed by atoms with van der Waals surface area (Å²) in [5.41, 5.74) is 2.60. The van der Waals surface area contributed by atoms with Crippen LogP contribution in [0.1, 0.15) is 31.9 Å². The Balaban J connectivity index is 1.72. The molecule has 2 aromatic carbocycles. The molecule has 2 N–H and O–H groups in total. The Morgan fingerprint density at radius 2 is 1.96 bits per heavy atom. The van der Waals surface area contributed by atoms with Crippen LogP contribution in [-0.2, 0) is 17.8 Å². The number of carbonyl (C=O) groups is 1. The zero-order valence-corrected chi connectivity index (χ0v) is 16.3. The quantitative estimate of drug-likeness (QED) is 0.708. The van der Waals surface area contributed by atoms with Crippen molar-refractivity contribution in [3.8, 4) is 0 Å². The van der Waals surface area contributed by atoms with Crippen LogP contribution in [0.15, 0.2) is 47.3 Å². The van der Waals surface area contributed by atoms with Crippen LogP contribution in [0.25, 0.3) is 11.0 Å². The number of nitrogens with one attached hydrogen (secondary N) is 2. The van der Waals surface area contributed by atoms with Crippen LogP contribution in [0.3, 0.4) is 0 Å². The number of fused-ring (bicyclic) bond motifs is 1. The van der Waals surface area contributed by atoms with E-state index in [1.54, 1.807) is 25.3 Å². The Hall–Kier alpha value is -2.73. The first-order valence-corrected chi connectivity index (χ1v) is 9.02. The lowest BCUT2D eigenvalue weighted by Gasteiger charge is -2.19. The second-order valence-electron chi connectivity index (χ2n) is 7.31. The van der Waals surface area contributed by atoms with E-state index in [0.717, 1.165) is 22.2 Å². The summed E-state index contributed by atoms with van der Waals surface area (Å²) >= 11 is 6.36. The van der Waals surface area contributed by atoms with Crippen molar-refractivity contribution >= 4 is 28.7 Å². The maximum absolute atomic E-state index is 12.2. The average molecular weight is 388 g/mol. The van der Waals surface area contributed by atoms with E-state index in [0.29, 0.717) is 11.6 Å². The third-order valence-corrected chi connectivity index (χ3v) is 4.31. The fourth-order valence-corrected chi connectivity index (χ4v) is 3.03. The number of carbonyl (C=O) groups excluding carboxylic acids is 1. The molecule has 0 bridgehead atoms. The lowest BCUT2D eigenvalue weighted by molar-refractivity contribution is 0.0523. The normalized spacial score (nSPS) is 11.6. The summed E-state index contributed by atoms with van der Waals surface area (Å²) in [5, 5.41) is 3.21. The molecule has 1 aromatic heterocycles. The van der Waals surface area contributed by atoms with Crippen molar-refractivity contribution in [2.75, 3.05) is 0 Å². The number of aromatic nitrogens is 2. The number of alkyl carbamates (subject to hydrolysis) is 1. The summed E-state index contributed by atoms with van der Waals surface area (Å²) in [4.78, 5) is 26.8. The molecule has 1 heterocycles. The molecular weight excluding hydrogens is 366 g/mol. The van der Waals surface area contributed by atoms with Crippen LogP contribution in [0.5, 0.6) is 0 Å². The van der Waals surface area contributed by atoms with Crippen LogP contribution < -0.4 is 11.0 Å². The first-order valence-electron chi connectivity index (χ1n) is 8.64. The molecule has 0 aliphatic carbocycles. The molecule has 6 nitrogen and oxygen atoms in total. The minimum atomic E-state index is -0.551. The second-order valence-corrected chi connectivity index (χ2v) is 7.72. The second kappa shape index (κ2) is 7.48. The number of halogens is 1. The van der Waals surface area contributed by atoms with Gasteiger partial charge in [-0.25, -0.2) is 9.59 Å².